The van der Waals surface area contributed by atoms with Crippen LogP contribution >= 0.6 is 0 Å². The molecular formula is C19H20F2N2O5S. The molecule has 7 nitrogen and oxygen atoms in total. The zero-order valence-corrected chi connectivity index (χ0v) is 16.8. The Morgan fingerprint density at radius 3 is 2.55 bits per heavy atom. The molecule has 1 atom stereocenters. The van der Waals surface area contributed by atoms with Gasteiger partial charge < -0.3 is 14.8 Å². The number of carbonyl (C=O) groups is 1. The largest absolute Gasteiger partial charge is 0.493 e. The first-order valence-electron chi connectivity index (χ1n) is 8.66. The van der Waals surface area contributed by atoms with Crippen LogP contribution in [-0.4, -0.2) is 40.3 Å². The zero-order valence-electron chi connectivity index (χ0n) is 16.0. The molecule has 1 unspecified atom stereocenters. The van der Waals surface area contributed by atoms with Crippen LogP contribution in [0.5, 0.6) is 11.5 Å². The SMILES string of the molecule is COc1ccc(NC(=O)c2ccc3c(c2)CC(C)N3S(C)(=O)=O)cc1OC(F)F. The first-order valence-corrected chi connectivity index (χ1v) is 10.5. The summed E-state index contributed by atoms with van der Waals surface area (Å²) in [5.74, 6) is -0.561. The molecule has 1 aliphatic rings. The van der Waals surface area contributed by atoms with Crippen molar-refractivity contribution in [1.82, 2.24) is 0 Å². The lowest BCUT2D eigenvalue weighted by Gasteiger charge is -2.21. The number of sulfonamides is 1. The van der Waals surface area contributed by atoms with E-state index in [-0.39, 0.29) is 23.2 Å². The molecule has 10 heteroatoms. The summed E-state index contributed by atoms with van der Waals surface area (Å²) in [6.45, 7) is -1.24. The Kier molecular flexibility index (Phi) is 5.65. The van der Waals surface area contributed by atoms with Gasteiger partial charge in [-0.3, -0.25) is 9.10 Å². The number of methoxy groups -OCH3 is 1. The predicted molar refractivity (Wildman–Crippen MR) is 105 cm³/mol. The van der Waals surface area contributed by atoms with Gasteiger partial charge in [0, 0.05) is 23.4 Å². The smallest absolute Gasteiger partial charge is 0.387 e. The molecule has 29 heavy (non-hydrogen) atoms. The quantitative estimate of drug-likeness (QED) is 0.767. The van der Waals surface area contributed by atoms with E-state index in [1.54, 1.807) is 19.1 Å². The van der Waals surface area contributed by atoms with Crippen molar-refractivity contribution in [3.63, 3.8) is 0 Å². The Bertz CT molecular complexity index is 1040. The van der Waals surface area contributed by atoms with Crippen molar-refractivity contribution in [3.05, 3.63) is 47.5 Å². The van der Waals surface area contributed by atoms with Gasteiger partial charge in [0.05, 0.1) is 19.1 Å². The Labute approximate surface area is 167 Å². The molecule has 0 saturated carbocycles. The number of anilines is 2. The second-order valence-corrected chi connectivity index (χ2v) is 8.51. The predicted octanol–water partition coefficient (Wildman–Crippen LogP) is 3.26. The Balaban J connectivity index is 1.83. The van der Waals surface area contributed by atoms with Crippen LogP contribution in [0.1, 0.15) is 22.8 Å². The van der Waals surface area contributed by atoms with E-state index >= 15 is 0 Å². The number of amides is 1. The fourth-order valence-electron chi connectivity index (χ4n) is 3.40. The topological polar surface area (TPSA) is 84.9 Å². The third kappa shape index (κ3) is 4.42. The maximum atomic E-state index is 12.6. The van der Waals surface area contributed by atoms with Crippen LogP contribution in [0.25, 0.3) is 0 Å². The number of hydrogen-bond acceptors (Lipinski definition) is 5. The molecule has 1 aliphatic heterocycles. The van der Waals surface area contributed by atoms with Gasteiger partial charge >= 0.3 is 6.61 Å². The zero-order chi connectivity index (χ0) is 21.3. The van der Waals surface area contributed by atoms with Crippen molar-refractivity contribution >= 4 is 27.3 Å². The van der Waals surface area contributed by atoms with Crippen LogP contribution in [0.15, 0.2) is 36.4 Å². The van der Waals surface area contributed by atoms with Crippen LogP contribution in [0.4, 0.5) is 20.2 Å². The number of nitrogens with one attached hydrogen (secondary N) is 1. The minimum Gasteiger partial charge on any atom is -0.493 e. The number of rotatable bonds is 6. The minimum absolute atomic E-state index is 0.107. The van der Waals surface area contributed by atoms with Crippen LogP contribution in [0.3, 0.4) is 0 Å². The molecule has 0 radical (unpaired) electrons. The lowest BCUT2D eigenvalue weighted by Crippen LogP contribution is -2.34. The standard InChI is InChI=1S/C19H20F2N2O5S/c1-11-8-13-9-12(4-6-15(13)23(11)29(3,25)26)18(24)22-14-5-7-16(27-2)17(10-14)28-19(20)21/h4-7,9-11,19H,8H2,1-3H3,(H,22,24). The van der Waals surface area contributed by atoms with Crippen molar-refractivity contribution in [2.45, 2.75) is 26.0 Å². The highest BCUT2D eigenvalue weighted by Gasteiger charge is 2.32. The second-order valence-electron chi connectivity index (χ2n) is 6.65. The summed E-state index contributed by atoms with van der Waals surface area (Å²) in [5.41, 5.74) is 1.86. The van der Waals surface area contributed by atoms with Gasteiger partial charge in [-0.15, -0.1) is 0 Å². The Morgan fingerprint density at radius 2 is 1.93 bits per heavy atom. The van der Waals surface area contributed by atoms with E-state index in [4.69, 9.17) is 4.74 Å². The summed E-state index contributed by atoms with van der Waals surface area (Å²) in [4.78, 5) is 12.6. The number of carbonyl (C=O) groups excluding carboxylic acids is 1. The first kappa shape index (κ1) is 20.8. The minimum atomic E-state index is -3.42. The number of nitrogens with zero attached hydrogens (tertiary/aromatic N) is 1. The first-order chi connectivity index (χ1) is 13.6. The molecule has 0 spiro atoms. The van der Waals surface area contributed by atoms with Gasteiger partial charge in [-0.25, -0.2) is 8.42 Å². The number of hydrogen-bond donors (Lipinski definition) is 1. The van der Waals surface area contributed by atoms with Crippen LogP contribution in [0, 0.1) is 0 Å². The van der Waals surface area contributed by atoms with E-state index in [1.807, 2.05) is 0 Å². The molecule has 0 bridgehead atoms. The fraction of sp³-hybridized carbons (Fsp3) is 0.316. The maximum Gasteiger partial charge on any atom is 0.387 e. The van der Waals surface area contributed by atoms with Crippen LogP contribution in [0.2, 0.25) is 0 Å². The van der Waals surface area contributed by atoms with Crippen molar-refractivity contribution in [3.8, 4) is 11.5 Å². The molecule has 0 fully saturated rings. The van der Waals surface area contributed by atoms with Crippen LogP contribution in [-0.2, 0) is 16.4 Å². The van der Waals surface area contributed by atoms with E-state index in [9.17, 15) is 22.0 Å². The van der Waals surface area contributed by atoms with Gasteiger partial charge in [-0.1, -0.05) is 0 Å². The molecule has 0 saturated heterocycles. The molecule has 1 heterocycles. The highest BCUT2D eigenvalue weighted by atomic mass is 32.2. The summed E-state index contributed by atoms with van der Waals surface area (Å²) in [6, 6.07) is 8.64. The van der Waals surface area contributed by atoms with Gasteiger partial charge in [0.25, 0.3) is 5.91 Å². The number of ether oxygens (including phenoxy) is 2. The number of fused-ring (bicyclic) bond motifs is 1. The summed E-state index contributed by atoms with van der Waals surface area (Å²) >= 11 is 0. The van der Waals surface area contributed by atoms with E-state index in [0.29, 0.717) is 17.7 Å². The molecule has 156 valence electrons. The third-order valence-electron chi connectivity index (χ3n) is 4.49. The number of halogens is 2. The molecule has 0 aliphatic carbocycles. The fourth-order valence-corrected chi connectivity index (χ4v) is 4.66. The molecule has 1 N–H and O–H groups in total. The van der Waals surface area contributed by atoms with E-state index in [1.165, 1.54) is 35.7 Å². The van der Waals surface area contributed by atoms with Crippen molar-refractivity contribution in [1.29, 1.82) is 0 Å². The summed E-state index contributed by atoms with van der Waals surface area (Å²) in [5, 5.41) is 2.62. The lowest BCUT2D eigenvalue weighted by molar-refractivity contribution is -0.0511. The average Bonchev–Trinajstić information content (AvgIpc) is 2.96. The van der Waals surface area contributed by atoms with Gasteiger partial charge in [0.15, 0.2) is 11.5 Å². The summed E-state index contributed by atoms with van der Waals surface area (Å²) in [6.07, 6.45) is 1.63. The average molecular weight is 426 g/mol. The number of alkyl halides is 2. The monoisotopic (exact) mass is 426 g/mol. The highest BCUT2D eigenvalue weighted by Crippen LogP contribution is 2.35. The Morgan fingerprint density at radius 1 is 1.21 bits per heavy atom. The molecule has 2 aromatic carbocycles. The number of benzene rings is 2. The van der Waals surface area contributed by atoms with Crippen LogP contribution < -0.4 is 19.1 Å². The third-order valence-corrected chi connectivity index (χ3v) is 5.76. The van der Waals surface area contributed by atoms with Gasteiger partial charge in [0.1, 0.15) is 0 Å². The van der Waals surface area contributed by atoms with Crippen molar-refractivity contribution < 1.29 is 31.5 Å². The van der Waals surface area contributed by atoms with Gasteiger partial charge in [-0.05, 0) is 49.2 Å². The molecule has 2 aromatic rings. The van der Waals surface area contributed by atoms with Gasteiger partial charge in [0.2, 0.25) is 10.0 Å². The molecule has 0 aromatic heterocycles. The molecule has 3 rings (SSSR count). The van der Waals surface area contributed by atoms with Crippen molar-refractivity contribution in [2.24, 2.45) is 0 Å². The summed E-state index contributed by atoms with van der Waals surface area (Å²) < 4.78 is 59.8. The second kappa shape index (κ2) is 7.86. The van der Waals surface area contributed by atoms with Crippen molar-refractivity contribution in [2.75, 3.05) is 23.0 Å². The van der Waals surface area contributed by atoms with Gasteiger partial charge in [-0.2, -0.15) is 8.78 Å². The summed E-state index contributed by atoms with van der Waals surface area (Å²) in [7, 11) is -2.11. The van der Waals surface area contributed by atoms with E-state index in [0.717, 1.165) is 11.8 Å². The highest BCUT2D eigenvalue weighted by molar-refractivity contribution is 7.92. The van der Waals surface area contributed by atoms with E-state index in [2.05, 4.69) is 10.1 Å². The molecular weight excluding hydrogens is 406 g/mol. The maximum absolute atomic E-state index is 12.6. The normalized spacial score (nSPS) is 15.9. The molecule has 1 amide bonds. The van der Waals surface area contributed by atoms with E-state index < -0.39 is 22.5 Å². The Hall–Kier alpha value is -2.88. The lowest BCUT2D eigenvalue weighted by atomic mass is 10.1.